The van der Waals surface area contributed by atoms with Gasteiger partial charge in [-0.25, -0.2) is 9.18 Å². The van der Waals surface area contributed by atoms with E-state index in [1.54, 1.807) is 62.4 Å². The van der Waals surface area contributed by atoms with Gasteiger partial charge in [0.15, 0.2) is 5.78 Å². The highest BCUT2D eigenvalue weighted by molar-refractivity contribution is 6.30. The lowest BCUT2D eigenvalue weighted by Gasteiger charge is -2.44. The number of halogens is 2. The first-order chi connectivity index (χ1) is 21.2. The molecule has 0 fully saturated rings. The number of esters is 2. The topological polar surface area (TPSA) is 108 Å². The van der Waals surface area contributed by atoms with Crippen molar-refractivity contribution < 1.29 is 33.0 Å². The number of allylic oxidation sites excluding steroid dienone is 2. The van der Waals surface area contributed by atoms with Crippen molar-refractivity contribution >= 4 is 35.0 Å². The molecule has 0 saturated carbocycles. The van der Waals surface area contributed by atoms with Crippen LogP contribution < -0.4 is 15.4 Å². The number of carbonyl (C=O) groups is 3. The standard InChI is InChI=1S/C34H32ClFN2O6/c1-4-43-33(40)28-25(19-9-7-14-24(16-19)42-3)18-26-29(31(28)39)27(20-10-6-11-21(35)15-20)30(34(41)44-5-2)32(37)38(26)23-13-8-12-22(36)17-23/h6-17,25,27-28H,4-5,18,37H2,1-3H3/t25-,27+,28-/m1/s1. The number of ketones is 1. The molecule has 2 N–H and O–H groups in total. The summed E-state index contributed by atoms with van der Waals surface area (Å²) in [7, 11) is 1.53. The summed E-state index contributed by atoms with van der Waals surface area (Å²) in [6, 6.07) is 19.5. The molecule has 0 amide bonds. The summed E-state index contributed by atoms with van der Waals surface area (Å²) >= 11 is 6.39. The molecule has 0 bridgehead atoms. The highest BCUT2D eigenvalue weighted by atomic mass is 35.5. The van der Waals surface area contributed by atoms with E-state index < -0.39 is 41.3 Å². The van der Waals surface area contributed by atoms with Crippen LogP contribution >= 0.6 is 11.6 Å². The average molecular weight is 619 g/mol. The van der Waals surface area contributed by atoms with Crippen LogP contribution in [0.2, 0.25) is 5.02 Å². The second-order valence-electron chi connectivity index (χ2n) is 10.4. The van der Waals surface area contributed by atoms with E-state index in [0.29, 0.717) is 33.3 Å². The summed E-state index contributed by atoms with van der Waals surface area (Å²) in [5.74, 6) is -4.97. The Labute approximate surface area is 259 Å². The Morgan fingerprint density at radius 1 is 0.977 bits per heavy atom. The number of methoxy groups -OCH3 is 1. The van der Waals surface area contributed by atoms with E-state index in [-0.39, 0.29) is 36.6 Å². The number of Topliss-reactive ketones (excluding diaryl/α,β-unsaturated/α-hetero) is 1. The summed E-state index contributed by atoms with van der Waals surface area (Å²) in [5, 5.41) is 0.374. The van der Waals surface area contributed by atoms with Crippen LogP contribution in [0.5, 0.6) is 5.75 Å². The van der Waals surface area contributed by atoms with E-state index in [2.05, 4.69) is 0 Å². The maximum Gasteiger partial charge on any atom is 0.338 e. The molecule has 0 spiro atoms. The van der Waals surface area contributed by atoms with Crippen molar-refractivity contribution in [1.82, 2.24) is 0 Å². The van der Waals surface area contributed by atoms with Gasteiger partial charge < -0.3 is 19.9 Å². The fourth-order valence-corrected chi connectivity index (χ4v) is 6.25. The normalized spacial score (nSPS) is 19.9. The molecule has 5 rings (SSSR count). The van der Waals surface area contributed by atoms with Crippen molar-refractivity contribution in [2.75, 3.05) is 25.2 Å². The van der Waals surface area contributed by atoms with E-state index >= 15 is 0 Å². The monoisotopic (exact) mass is 618 g/mol. The molecule has 1 aliphatic heterocycles. The maximum absolute atomic E-state index is 14.8. The van der Waals surface area contributed by atoms with Crippen LogP contribution in [0, 0.1) is 11.7 Å². The molecule has 44 heavy (non-hydrogen) atoms. The van der Waals surface area contributed by atoms with Crippen LogP contribution in [0.4, 0.5) is 10.1 Å². The molecule has 3 aromatic carbocycles. The van der Waals surface area contributed by atoms with Crippen molar-refractivity contribution in [1.29, 1.82) is 0 Å². The Kier molecular flexibility index (Phi) is 9.06. The molecule has 228 valence electrons. The van der Waals surface area contributed by atoms with Gasteiger partial charge >= 0.3 is 11.9 Å². The summed E-state index contributed by atoms with van der Waals surface area (Å²) in [6.07, 6.45) is 0.127. The van der Waals surface area contributed by atoms with E-state index in [1.165, 1.54) is 30.2 Å². The summed E-state index contributed by atoms with van der Waals surface area (Å²) in [6.45, 7) is 3.43. The van der Waals surface area contributed by atoms with E-state index in [4.69, 9.17) is 31.5 Å². The predicted octanol–water partition coefficient (Wildman–Crippen LogP) is 6.01. The first-order valence-corrected chi connectivity index (χ1v) is 14.6. The molecule has 8 nitrogen and oxygen atoms in total. The van der Waals surface area contributed by atoms with Crippen molar-refractivity contribution in [3.05, 3.63) is 117 Å². The van der Waals surface area contributed by atoms with Gasteiger partial charge in [0, 0.05) is 22.2 Å². The van der Waals surface area contributed by atoms with Crippen LogP contribution in [-0.4, -0.2) is 38.0 Å². The highest BCUT2D eigenvalue weighted by Gasteiger charge is 2.51. The quantitative estimate of drug-likeness (QED) is 0.241. The number of anilines is 1. The second kappa shape index (κ2) is 12.9. The highest BCUT2D eigenvalue weighted by Crippen LogP contribution is 2.52. The molecule has 3 aromatic rings. The number of hydrogen-bond donors (Lipinski definition) is 1. The molecule has 2 aliphatic rings. The van der Waals surface area contributed by atoms with Gasteiger partial charge in [-0.15, -0.1) is 0 Å². The number of hydrogen-bond acceptors (Lipinski definition) is 8. The van der Waals surface area contributed by atoms with E-state index in [9.17, 15) is 18.8 Å². The molecular formula is C34H32ClFN2O6. The minimum atomic E-state index is -1.25. The maximum atomic E-state index is 14.8. The first-order valence-electron chi connectivity index (χ1n) is 14.3. The van der Waals surface area contributed by atoms with Gasteiger partial charge in [-0.05, 0) is 73.9 Å². The van der Waals surface area contributed by atoms with Crippen LogP contribution in [-0.2, 0) is 23.9 Å². The Morgan fingerprint density at radius 2 is 1.68 bits per heavy atom. The number of nitrogens with two attached hydrogens (primary N) is 1. The molecule has 3 atom stereocenters. The van der Waals surface area contributed by atoms with E-state index in [0.717, 1.165) is 0 Å². The zero-order chi connectivity index (χ0) is 31.5. The number of rotatable bonds is 8. The predicted molar refractivity (Wildman–Crippen MR) is 163 cm³/mol. The molecule has 1 heterocycles. The van der Waals surface area contributed by atoms with Crippen LogP contribution in [0.1, 0.15) is 43.2 Å². The summed E-state index contributed by atoms with van der Waals surface area (Å²) < 4.78 is 30.9. The number of nitrogens with zero attached hydrogens (tertiary/aromatic N) is 1. The van der Waals surface area contributed by atoms with Crippen molar-refractivity contribution in [2.45, 2.75) is 32.1 Å². The van der Waals surface area contributed by atoms with Crippen LogP contribution in [0.15, 0.2) is 95.5 Å². The first kappa shape index (κ1) is 30.8. The third kappa shape index (κ3) is 5.67. The van der Waals surface area contributed by atoms with Crippen molar-refractivity contribution in [2.24, 2.45) is 11.7 Å². The lowest BCUT2D eigenvalue weighted by atomic mass is 9.67. The third-order valence-corrected chi connectivity index (χ3v) is 8.08. The fraction of sp³-hybridized carbons (Fsp3) is 0.265. The van der Waals surface area contributed by atoms with Crippen LogP contribution in [0.3, 0.4) is 0 Å². The van der Waals surface area contributed by atoms with Crippen molar-refractivity contribution in [3.63, 3.8) is 0 Å². The molecule has 1 aliphatic carbocycles. The van der Waals surface area contributed by atoms with Gasteiger partial charge in [0.2, 0.25) is 0 Å². The van der Waals surface area contributed by atoms with Crippen LogP contribution in [0.25, 0.3) is 0 Å². The molecule has 0 radical (unpaired) electrons. The largest absolute Gasteiger partial charge is 0.497 e. The number of benzene rings is 3. The number of ether oxygens (including phenoxy) is 3. The second-order valence-corrected chi connectivity index (χ2v) is 10.8. The number of carbonyl (C=O) groups excluding carboxylic acids is 3. The molecule has 10 heteroatoms. The molecule has 0 saturated heterocycles. The SMILES string of the molecule is CCOC(=O)C1=C(N)N(c2cccc(F)c2)C2=C(C(=O)[C@H](C(=O)OCC)[C@@H](c3cccc(OC)c3)C2)[C@@H]1c1cccc(Cl)c1. The Morgan fingerprint density at radius 3 is 2.36 bits per heavy atom. The Bertz CT molecular complexity index is 1690. The molecule has 0 aromatic heterocycles. The Hall–Kier alpha value is -4.63. The molecular weight excluding hydrogens is 587 g/mol. The van der Waals surface area contributed by atoms with Gasteiger partial charge in [-0.3, -0.25) is 14.5 Å². The smallest absolute Gasteiger partial charge is 0.338 e. The Balaban J connectivity index is 1.83. The van der Waals surface area contributed by atoms with Gasteiger partial charge in [0.25, 0.3) is 0 Å². The lowest BCUT2D eigenvalue weighted by Crippen LogP contribution is -2.46. The van der Waals surface area contributed by atoms with Gasteiger partial charge in [-0.1, -0.05) is 41.9 Å². The van der Waals surface area contributed by atoms with Gasteiger partial charge in [0.05, 0.1) is 37.5 Å². The zero-order valence-electron chi connectivity index (χ0n) is 24.5. The third-order valence-electron chi connectivity index (χ3n) is 7.84. The van der Waals surface area contributed by atoms with Crippen molar-refractivity contribution in [3.8, 4) is 5.75 Å². The zero-order valence-corrected chi connectivity index (χ0v) is 25.3. The lowest BCUT2D eigenvalue weighted by molar-refractivity contribution is -0.152. The fourth-order valence-electron chi connectivity index (χ4n) is 6.05. The average Bonchev–Trinajstić information content (AvgIpc) is 3.00. The minimum absolute atomic E-state index is 0.0204. The van der Waals surface area contributed by atoms with Gasteiger partial charge in [-0.2, -0.15) is 0 Å². The van der Waals surface area contributed by atoms with E-state index in [1.807, 2.05) is 6.07 Å². The molecule has 0 unspecified atom stereocenters. The summed E-state index contributed by atoms with van der Waals surface area (Å²) in [4.78, 5) is 43.6. The van der Waals surface area contributed by atoms with Gasteiger partial charge in [0.1, 0.15) is 23.3 Å². The minimum Gasteiger partial charge on any atom is -0.497 e. The summed E-state index contributed by atoms with van der Waals surface area (Å²) in [5.41, 5.74) is 8.85.